The maximum absolute atomic E-state index is 14.9. The molecule has 15 heteroatoms. The van der Waals surface area contributed by atoms with E-state index in [1.54, 1.807) is 30.4 Å². The van der Waals surface area contributed by atoms with Gasteiger partial charge in [-0.1, -0.05) is 67.3 Å². The summed E-state index contributed by atoms with van der Waals surface area (Å²) in [6.45, 7) is 8.87. The number of carbonyl (C=O) groups is 4. The zero-order valence-electron chi connectivity index (χ0n) is 36.0. The highest BCUT2D eigenvalue weighted by atomic mass is 32.2. The predicted octanol–water partition coefficient (Wildman–Crippen LogP) is 6.74. The number of pyridine rings is 1. The summed E-state index contributed by atoms with van der Waals surface area (Å²) in [4.78, 5) is 63.5. The van der Waals surface area contributed by atoms with Gasteiger partial charge >= 0.3 is 6.09 Å². The molecule has 5 unspecified atom stereocenters. The fourth-order valence-electron chi connectivity index (χ4n) is 8.62. The molecule has 3 fully saturated rings. The SMILES string of the molecule is C#CC1C=CCCCCCC(NC(=O)OC2(C)CC2)C(=O)N2CC(C=C)(CCc3c(O)c(-c4cccc(F)c4)nc4ccccc34)CC2C(=O)NC1(C)C(=O)NS(=O)(=O)C1(C)CC1. The number of hydrogen-bond acceptors (Lipinski definition) is 9. The van der Waals surface area contributed by atoms with E-state index in [0.717, 1.165) is 0 Å². The molecule has 2 saturated carbocycles. The van der Waals surface area contributed by atoms with E-state index in [4.69, 9.17) is 11.2 Å². The highest BCUT2D eigenvalue weighted by molar-refractivity contribution is 7.91. The second kappa shape index (κ2) is 17.4. The lowest BCUT2D eigenvalue weighted by atomic mass is 9.79. The van der Waals surface area contributed by atoms with Gasteiger partial charge in [-0.15, -0.1) is 13.0 Å². The van der Waals surface area contributed by atoms with Crippen molar-refractivity contribution < 1.29 is 41.8 Å². The number of nitrogens with one attached hydrogen (secondary N) is 3. The first-order valence-corrected chi connectivity index (χ1v) is 23.2. The topological polar surface area (TPSA) is 184 Å². The predicted molar refractivity (Wildman–Crippen MR) is 237 cm³/mol. The average molecular weight is 882 g/mol. The number of terminal acetylenes is 1. The Morgan fingerprint density at radius 1 is 1.10 bits per heavy atom. The van der Waals surface area contributed by atoms with Crippen LogP contribution in [0.25, 0.3) is 22.2 Å². The number of para-hydroxylation sites is 1. The summed E-state index contributed by atoms with van der Waals surface area (Å²) in [6.07, 6.45) is 15.7. The molecular formula is C48H56FN5O8S. The van der Waals surface area contributed by atoms with Crippen LogP contribution in [-0.2, 0) is 35.6 Å². The number of sulfonamides is 1. The van der Waals surface area contributed by atoms with E-state index in [0.29, 0.717) is 73.4 Å². The van der Waals surface area contributed by atoms with Crippen LogP contribution >= 0.6 is 0 Å². The monoisotopic (exact) mass is 881 g/mol. The summed E-state index contributed by atoms with van der Waals surface area (Å²) in [5.41, 5.74) is -1.92. The molecule has 2 aliphatic heterocycles. The molecule has 3 aromatic rings. The molecule has 3 heterocycles. The highest BCUT2D eigenvalue weighted by Gasteiger charge is 2.55. The van der Waals surface area contributed by atoms with Gasteiger partial charge in [0.05, 0.1) is 16.2 Å². The average Bonchev–Trinajstić information content (AvgIpc) is 4.15. The van der Waals surface area contributed by atoms with Crippen molar-refractivity contribution >= 4 is 44.7 Å². The fourth-order valence-corrected chi connectivity index (χ4v) is 9.96. The van der Waals surface area contributed by atoms with Crippen LogP contribution in [0.4, 0.5) is 9.18 Å². The minimum absolute atomic E-state index is 0.00840. The van der Waals surface area contributed by atoms with Gasteiger partial charge in [0, 0.05) is 28.5 Å². The van der Waals surface area contributed by atoms with E-state index in [2.05, 4.69) is 32.8 Å². The van der Waals surface area contributed by atoms with E-state index < -0.39 is 79.0 Å². The third kappa shape index (κ3) is 9.47. The Morgan fingerprint density at radius 2 is 1.84 bits per heavy atom. The summed E-state index contributed by atoms with van der Waals surface area (Å²) < 4.78 is 47.9. The Kier molecular flexibility index (Phi) is 12.5. The number of benzene rings is 2. The number of amides is 4. The maximum Gasteiger partial charge on any atom is 0.408 e. The van der Waals surface area contributed by atoms with Crippen molar-refractivity contribution in [1.82, 2.24) is 25.2 Å². The number of aromatic nitrogens is 1. The lowest BCUT2D eigenvalue weighted by Gasteiger charge is -2.36. The van der Waals surface area contributed by atoms with Gasteiger partial charge in [0.2, 0.25) is 21.8 Å². The molecule has 0 spiro atoms. The molecule has 2 aliphatic carbocycles. The van der Waals surface area contributed by atoms with Crippen LogP contribution < -0.4 is 15.4 Å². The van der Waals surface area contributed by atoms with E-state index in [1.807, 2.05) is 25.1 Å². The molecule has 4 N–H and O–H groups in total. The van der Waals surface area contributed by atoms with Crippen molar-refractivity contribution in [2.45, 2.75) is 126 Å². The van der Waals surface area contributed by atoms with Crippen LogP contribution in [0.2, 0.25) is 0 Å². The van der Waals surface area contributed by atoms with Crippen LogP contribution in [0.3, 0.4) is 0 Å². The molecule has 7 rings (SSSR count). The van der Waals surface area contributed by atoms with Gasteiger partial charge in [-0.25, -0.2) is 22.6 Å². The Labute approximate surface area is 368 Å². The molecular weight excluding hydrogens is 826 g/mol. The van der Waals surface area contributed by atoms with Crippen LogP contribution in [0.5, 0.6) is 5.75 Å². The first-order valence-electron chi connectivity index (χ1n) is 21.7. The quantitative estimate of drug-likeness (QED) is 0.127. The molecule has 0 bridgehead atoms. The molecule has 2 aromatic carbocycles. The molecule has 334 valence electrons. The third-order valence-electron chi connectivity index (χ3n) is 13.5. The van der Waals surface area contributed by atoms with Crippen LogP contribution in [0.1, 0.15) is 97.0 Å². The number of carbonyl (C=O) groups excluding carboxylic acids is 4. The molecule has 13 nitrogen and oxygen atoms in total. The minimum Gasteiger partial charge on any atom is -0.505 e. The normalized spacial score (nSPS) is 26.8. The number of hydrogen-bond donors (Lipinski definition) is 4. The zero-order chi connectivity index (χ0) is 45.4. The van der Waals surface area contributed by atoms with E-state index >= 15 is 0 Å². The third-order valence-corrected chi connectivity index (χ3v) is 15.6. The zero-order valence-corrected chi connectivity index (χ0v) is 36.9. The molecule has 1 aromatic heterocycles. The van der Waals surface area contributed by atoms with Gasteiger partial charge in [0.25, 0.3) is 5.91 Å². The van der Waals surface area contributed by atoms with Crippen LogP contribution in [0.15, 0.2) is 73.3 Å². The summed E-state index contributed by atoms with van der Waals surface area (Å²) in [5, 5.41) is 18.1. The molecule has 0 radical (unpaired) electrons. The standard InChI is InChI=1S/C48H56FN5O8S/c1-6-32-17-11-9-8-10-12-21-37(51-44(59)62-45(3)24-25-45)42(57)54-30-48(7-2,29-38(54)41(56)52-47(32,5)43(58)53-63(60,61)46(4)26-27-46)23-22-35-34-19-13-14-20-36(34)50-39(40(35)55)31-16-15-18-33(49)28-31/h1,7,11,13-20,28,32,37-38,55H,2,8-10,12,21-27,29-30H2,3-5H3,(H,51,59)(H,52,56)(H,53,58). The molecule has 1 saturated heterocycles. The van der Waals surface area contributed by atoms with E-state index in [-0.39, 0.29) is 43.7 Å². The van der Waals surface area contributed by atoms with E-state index in [1.165, 1.54) is 36.9 Å². The second-order valence-corrected chi connectivity index (χ2v) is 20.6. The number of alkyl carbamates (subject to hydrolysis) is 1. The van der Waals surface area contributed by atoms with Gasteiger partial charge in [-0.3, -0.25) is 19.1 Å². The van der Waals surface area contributed by atoms with Gasteiger partial charge in [-0.05, 0) is 103 Å². The highest BCUT2D eigenvalue weighted by Crippen LogP contribution is 2.45. The lowest BCUT2D eigenvalue weighted by molar-refractivity contribution is -0.142. The summed E-state index contributed by atoms with van der Waals surface area (Å²) in [7, 11) is -4.16. The number of aryl methyl sites for hydroxylation is 1. The van der Waals surface area contributed by atoms with Gasteiger partial charge in [0.15, 0.2) is 0 Å². The number of halogens is 1. The first-order chi connectivity index (χ1) is 29.9. The minimum atomic E-state index is -4.16. The molecule has 4 aliphatic rings. The van der Waals surface area contributed by atoms with Crippen molar-refractivity contribution in [3.8, 4) is 29.4 Å². The van der Waals surface area contributed by atoms with E-state index in [9.17, 15) is 37.1 Å². The molecule has 63 heavy (non-hydrogen) atoms. The first kappa shape index (κ1) is 45.3. The van der Waals surface area contributed by atoms with Gasteiger partial charge in [-0.2, -0.15) is 0 Å². The second-order valence-electron chi connectivity index (χ2n) is 18.4. The summed E-state index contributed by atoms with van der Waals surface area (Å²) >= 11 is 0. The Hall–Kier alpha value is -5.75. The lowest BCUT2D eigenvalue weighted by Crippen LogP contribution is -2.64. The number of rotatable bonds is 10. The van der Waals surface area contributed by atoms with Crippen molar-refractivity contribution in [3.63, 3.8) is 0 Å². The molecule has 4 amide bonds. The number of aromatic hydroxyl groups is 1. The number of ether oxygens (including phenoxy) is 1. The fraction of sp³-hybridized carbons (Fsp3) is 0.479. The Balaban J connectivity index is 1.26. The Bertz CT molecular complexity index is 2510. The Morgan fingerprint density at radius 3 is 2.52 bits per heavy atom. The van der Waals surface area contributed by atoms with Crippen molar-refractivity contribution in [3.05, 3.63) is 84.7 Å². The number of allylic oxidation sites excluding steroid dienone is 1. The smallest absolute Gasteiger partial charge is 0.408 e. The summed E-state index contributed by atoms with van der Waals surface area (Å²) in [5.74, 6) is -1.46. The van der Waals surface area contributed by atoms with Crippen molar-refractivity contribution in [2.24, 2.45) is 11.3 Å². The van der Waals surface area contributed by atoms with Crippen molar-refractivity contribution in [1.29, 1.82) is 0 Å². The number of nitrogens with zero attached hydrogens (tertiary/aromatic N) is 2. The molecule has 5 atom stereocenters. The van der Waals surface area contributed by atoms with Gasteiger partial charge < -0.3 is 25.4 Å². The van der Waals surface area contributed by atoms with Crippen LogP contribution in [0, 0.1) is 29.5 Å². The van der Waals surface area contributed by atoms with Crippen molar-refractivity contribution in [2.75, 3.05) is 6.54 Å². The summed E-state index contributed by atoms with van der Waals surface area (Å²) in [6, 6.07) is 10.7. The van der Waals surface area contributed by atoms with Crippen LogP contribution in [-0.4, -0.2) is 81.7 Å². The number of fused-ring (bicyclic) bond motifs is 2. The van der Waals surface area contributed by atoms with Gasteiger partial charge in [0.1, 0.15) is 40.5 Å². The maximum atomic E-state index is 14.9. The largest absolute Gasteiger partial charge is 0.505 e.